The van der Waals surface area contributed by atoms with Crippen LogP contribution >= 0.6 is 0 Å². The number of Topliss-reactive ketones (excluding diaryl/α,β-unsaturated/α-hetero) is 1. The Morgan fingerprint density at radius 3 is 2.25 bits per heavy atom. The normalized spacial score (nSPS) is 22.1. The lowest BCUT2D eigenvalue weighted by Gasteiger charge is -2.31. The van der Waals surface area contributed by atoms with Crippen LogP contribution in [-0.4, -0.2) is 10.9 Å². The molecule has 6 rings (SSSR count). The molecule has 3 heteroatoms. The zero-order valence-corrected chi connectivity index (χ0v) is 21.7. The maximum absolute atomic E-state index is 13.6. The molecule has 0 fully saturated rings. The predicted octanol–water partition coefficient (Wildman–Crippen LogP) is 7.90. The molecule has 3 nitrogen and oxygen atoms in total. The number of anilines is 1. The van der Waals surface area contributed by atoms with Crippen LogP contribution in [0.15, 0.2) is 100.0 Å². The van der Waals surface area contributed by atoms with Crippen molar-refractivity contribution in [2.24, 2.45) is 0 Å². The molecule has 0 amide bonds. The Hall–Kier alpha value is -3.85. The number of rotatable bonds is 2. The minimum absolute atomic E-state index is 0.0823. The molecule has 2 N–H and O–H groups in total. The molecule has 0 unspecified atom stereocenters. The molecule has 0 saturated heterocycles. The summed E-state index contributed by atoms with van der Waals surface area (Å²) in [5.41, 5.74) is 8.72. The summed E-state index contributed by atoms with van der Waals surface area (Å²) in [6, 6.07) is 21.0. The number of hydrogen-bond acceptors (Lipinski definition) is 3. The van der Waals surface area contributed by atoms with Crippen LogP contribution in [0.5, 0.6) is 0 Å². The number of carbonyl (C=O) groups excluding carboxylic acids is 1. The van der Waals surface area contributed by atoms with Gasteiger partial charge in [0.1, 0.15) is 5.76 Å². The van der Waals surface area contributed by atoms with Crippen LogP contribution < -0.4 is 5.32 Å². The number of fused-ring (bicyclic) bond motifs is 4. The van der Waals surface area contributed by atoms with Gasteiger partial charge in [0.2, 0.25) is 5.78 Å². The number of nitrogens with one attached hydrogen (secondary N) is 1. The van der Waals surface area contributed by atoms with E-state index in [0.29, 0.717) is 11.1 Å². The second-order valence-corrected chi connectivity index (χ2v) is 11.3. The highest BCUT2D eigenvalue weighted by Gasteiger charge is 2.44. The van der Waals surface area contributed by atoms with Crippen molar-refractivity contribution >= 4 is 28.3 Å². The fraction of sp³-hybridized carbons (Fsp3) is 0.242. The Morgan fingerprint density at radius 2 is 1.53 bits per heavy atom. The number of carbonyl (C=O) groups is 1. The minimum atomic E-state index is -0.284. The summed E-state index contributed by atoms with van der Waals surface area (Å²) >= 11 is 0. The van der Waals surface area contributed by atoms with E-state index in [4.69, 9.17) is 0 Å². The van der Waals surface area contributed by atoms with Crippen molar-refractivity contribution < 1.29 is 9.90 Å². The van der Waals surface area contributed by atoms with Gasteiger partial charge in [-0.25, -0.2) is 0 Å². The molecule has 0 atom stereocenters. The summed E-state index contributed by atoms with van der Waals surface area (Å²) in [7, 11) is 0. The molecule has 0 radical (unpaired) electrons. The van der Waals surface area contributed by atoms with E-state index < -0.39 is 0 Å². The van der Waals surface area contributed by atoms with Gasteiger partial charge in [0.05, 0.1) is 11.1 Å². The summed E-state index contributed by atoms with van der Waals surface area (Å²) in [4.78, 5) is 13.6. The number of ketones is 1. The smallest absolute Gasteiger partial charge is 0.201 e. The minimum Gasteiger partial charge on any atom is -0.506 e. The van der Waals surface area contributed by atoms with Crippen molar-refractivity contribution in [3.05, 3.63) is 117 Å². The number of allylic oxidation sites excluding steroid dienone is 6. The van der Waals surface area contributed by atoms with E-state index in [9.17, 15) is 9.90 Å². The molecule has 36 heavy (non-hydrogen) atoms. The Kier molecular flexibility index (Phi) is 4.60. The summed E-state index contributed by atoms with van der Waals surface area (Å²) in [6.07, 6.45) is 2.19. The molecule has 1 aliphatic heterocycles. The first-order chi connectivity index (χ1) is 17.0. The first-order valence-electron chi connectivity index (χ1n) is 12.6. The zero-order valence-electron chi connectivity index (χ0n) is 21.7. The predicted molar refractivity (Wildman–Crippen MR) is 148 cm³/mol. The zero-order chi connectivity index (χ0) is 25.6. The fourth-order valence-corrected chi connectivity index (χ4v) is 6.64. The van der Waals surface area contributed by atoms with Crippen LogP contribution in [0.1, 0.15) is 58.2 Å². The van der Waals surface area contributed by atoms with E-state index >= 15 is 0 Å². The Bertz CT molecular complexity index is 1640. The number of aliphatic hydroxyl groups is 1. The summed E-state index contributed by atoms with van der Waals surface area (Å²) in [5, 5.41) is 17.2. The molecule has 2 aliphatic carbocycles. The van der Waals surface area contributed by atoms with Gasteiger partial charge in [0.25, 0.3) is 0 Å². The third kappa shape index (κ3) is 2.83. The third-order valence-corrected chi connectivity index (χ3v) is 8.50. The first-order valence-corrected chi connectivity index (χ1v) is 12.6. The number of aliphatic hydroxyl groups excluding tert-OH is 1. The van der Waals surface area contributed by atoms with Gasteiger partial charge in [0.15, 0.2) is 0 Å². The quantitative estimate of drug-likeness (QED) is 0.372. The van der Waals surface area contributed by atoms with E-state index in [-0.39, 0.29) is 22.4 Å². The molecule has 3 aliphatic rings. The molecule has 3 aromatic rings. The van der Waals surface area contributed by atoms with Gasteiger partial charge >= 0.3 is 0 Å². The molecule has 0 bridgehead atoms. The van der Waals surface area contributed by atoms with Crippen LogP contribution in [0.2, 0.25) is 0 Å². The van der Waals surface area contributed by atoms with Crippen molar-refractivity contribution in [3.63, 3.8) is 0 Å². The van der Waals surface area contributed by atoms with Crippen molar-refractivity contribution in [1.82, 2.24) is 0 Å². The lowest BCUT2D eigenvalue weighted by atomic mass is 9.72. The van der Waals surface area contributed by atoms with Crippen LogP contribution in [0.3, 0.4) is 0 Å². The average Bonchev–Trinajstić information content (AvgIpc) is 3.28. The highest BCUT2D eigenvalue weighted by atomic mass is 16.3. The van der Waals surface area contributed by atoms with Gasteiger partial charge in [-0.1, -0.05) is 88.4 Å². The van der Waals surface area contributed by atoms with Gasteiger partial charge in [-0.3, -0.25) is 4.79 Å². The average molecular weight is 474 g/mol. The molecular weight excluding hydrogens is 442 g/mol. The highest BCUT2D eigenvalue weighted by Crippen LogP contribution is 2.51. The fourth-order valence-electron chi connectivity index (χ4n) is 6.64. The van der Waals surface area contributed by atoms with Gasteiger partial charge in [0, 0.05) is 22.2 Å². The van der Waals surface area contributed by atoms with Crippen molar-refractivity contribution in [1.29, 1.82) is 0 Å². The lowest BCUT2D eigenvalue weighted by Crippen LogP contribution is -2.29. The molecule has 3 aromatic carbocycles. The summed E-state index contributed by atoms with van der Waals surface area (Å²) in [6.45, 7) is 12.6. The summed E-state index contributed by atoms with van der Waals surface area (Å²) in [5.74, 6) is 0.0228. The second kappa shape index (κ2) is 7.33. The van der Waals surface area contributed by atoms with E-state index in [1.807, 2.05) is 26.0 Å². The van der Waals surface area contributed by atoms with E-state index in [0.717, 1.165) is 28.1 Å². The number of benzene rings is 3. The topological polar surface area (TPSA) is 49.3 Å². The van der Waals surface area contributed by atoms with Crippen LogP contribution in [0.25, 0.3) is 16.8 Å². The highest BCUT2D eigenvalue weighted by molar-refractivity contribution is 6.22. The van der Waals surface area contributed by atoms with Gasteiger partial charge in [-0.2, -0.15) is 0 Å². The number of hydrogen-bond donors (Lipinski definition) is 2. The third-order valence-electron chi connectivity index (χ3n) is 8.50. The second-order valence-electron chi connectivity index (χ2n) is 11.3. The van der Waals surface area contributed by atoms with Gasteiger partial charge < -0.3 is 10.4 Å². The largest absolute Gasteiger partial charge is 0.506 e. The lowest BCUT2D eigenvalue weighted by molar-refractivity contribution is -0.113. The van der Waals surface area contributed by atoms with Crippen molar-refractivity contribution in [2.75, 3.05) is 5.32 Å². The Morgan fingerprint density at radius 1 is 0.833 bits per heavy atom. The van der Waals surface area contributed by atoms with Crippen LogP contribution in [0, 0.1) is 0 Å². The molecule has 1 heterocycles. The summed E-state index contributed by atoms with van der Waals surface area (Å²) < 4.78 is 0. The SMILES string of the molecule is C/C(C1=Cc2ccc3ccccc3c2C1(C)C)=C1\C(=O)C(C(/C)=C2/Nc3ccccc3C2(C)C)=C1O. The molecular formula is C33H31NO2. The van der Waals surface area contributed by atoms with Gasteiger partial charge in [-0.05, 0) is 64.1 Å². The molecule has 180 valence electrons. The monoisotopic (exact) mass is 473 g/mol. The molecule has 0 aromatic heterocycles. The Balaban J connectivity index is 1.44. The van der Waals surface area contributed by atoms with Gasteiger partial charge in [-0.15, -0.1) is 0 Å². The van der Waals surface area contributed by atoms with Crippen molar-refractivity contribution in [3.8, 4) is 0 Å². The maximum Gasteiger partial charge on any atom is 0.201 e. The van der Waals surface area contributed by atoms with E-state index in [1.54, 1.807) is 0 Å². The standard InChI is InChI=1S/C33H31NO2/c1-18(24-17-21-16-15-20-11-7-8-12-22(20)28(21)32(24,3)4)26-29(35)27(30(26)36)19(2)31-33(5,6)23-13-9-10-14-25(23)34-31/h7-17,34-35H,1-6H3/b26-18+,31-19+. The maximum atomic E-state index is 13.6. The van der Waals surface area contributed by atoms with Crippen LogP contribution in [-0.2, 0) is 15.6 Å². The first kappa shape index (κ1) is 22.6. The van der Waals surface area contributed by atoms with E-state index in [1.165, 1.54) is 27.5 Å². The number of para-hydroxylation sites is 1. The van der Waals surface area contributed by atoms with Crippen LogP contribution in [0.4, 0.5) is 5.69 Å². The van der Waals surface area contributed by atoms with Crippen molar-refractivity contribution in [2.45, 2.75) is 52.4 Å². The molecule has 0 saturated carbocycles. The molecule has 0 spiro atoms. The Labute approximate surface area is 212 Å². The van der Waals surface area contributed by atoms with E-state index in [2.05, 4.69) is 87.6 Å².